The maximum absolute atomic E-state index is 10.8. The normalized spacial score (nSPS) is 12.8. The lowest BCUT2D eigenvalue weighted by atomic mass is 10.8. The van der Waals surface area contributed by atoms with Crippen LogP contribution in [0.3, 0.4) is 0 Å². The van der Waals surface area contributed by atoms with E-state index in [2.05, 4.69) is 5.32 Å². The Kier molecular flexibility index (Phi) is 4.42. The molecule has 4 nitrogen and oxygen atoms in total. The average molecular weight is 164 g/mol. The molecule has 1 atom stereocenters. The first-order chi connectivity index (χ1) is 4.63. The molecule has 1 amide bonds. The fourth-order valence-corrected chi connectivity index (χ4v) is 0.825. The number of nitrogens with zero attached hydrogens (tertiary/aromatic N) is 1. The van der Waals surface area contributed by atoms with E-state index in [1.807, 2.05) is 0 Å². The summed E-state index contributed by atoms with van der Waals surface area (Å²) in [5.74, 6) is 0. The van der Waals surface area contributed by atoms with Gasteiger partial charge >= 0.3 is 0 Å². The molecule has 2 N–H and O–H groups in total. The van der Waals surface area contributed by atoms with Gasteiger partial charge in [0.05, 0.1) is 0 Å². The molecule has 0 aliphatic carbocycles. The van der Waals surface area contributed by atoms with Gasteiger partial charge in [-0.25, -0.2) is 0 Å². The summed E-state index contributed by atoms with van der Waals surface area (Å²) >= 11 is 1.06. The molecule has 0 bridgehead atoms. The molecule has 0 rings (SSSR count). The summed E-state index contributed by atoms with van der Waals surface area (Å²) in [4.78, 5) is 12.0. The molecular weight excluding hydrogens is 152 g/mol. The molecule has 5 heteroatoms. The lowest BCUT2D eigenvalue weighted by Crippen LogP contribution is -2.43. The van der Waals surface area contributed by atoms with Gasteiger partial charge in [-0.2, -0.15) is 0 Å². The fourth-order valence-electron chi connectivity index (χ4n) is 0.437. The second kappa shape index (κ2) is 4.54. The Morgan fingerprint density at radius 1 is 1.80 bits per heavy atom. The van der Waals surface area contributed by atoms with E-state index in [0.717, 1.165) is 11.8 Å². The van der Waals surface area contributed by atoms with Gasteiger partial charge in [-0.15, -0.1) is 0 Å². The number of carbonyl (C=O) groups is 1. The van der Waals surface area contributed by atoms with E-state index in [-0.39, 0.29) is 5.24 Å². The molecule has 0 saturated carbocycles. The van der Waals surface area contributed by atoms with E-state index in [1.54, 1.807) is 13.3 Å². The molecule has 0 spiro atoms. The summed E-state index contributed by atoms with van der Waals surface area (Å²) in [6.45, 7) is 0. The molecule has 10 heavy (non-hydrogen) atoms. The van der Waals surface area contributed by atoms with Crippen molar-refractivity contribution in [2.45, 2.75) is 6.35 Å². The summed E-state index contributed by atoms with van der Waals surface area (Å²) < 4.78 is 0. The van der Waals surface area contributed by atoms with Crippen molar-refractivity contribution in [2.75, 3.05) is 20.4 Å². The number of aliphatic hydroxyl groups excluding tert-OH is 1. The third-order valence-corrected chi connectivity index (χ3v) is 1.72. The van der Waals surface area contributed by atoms with Crippen LogP contribution in [0.5, 0.6) is 0 Å². The van der Waals surface area contributed by atoms with E-state index in [4.69, 9.17) is 5.11 Å². The van der Waals surface area contributed by atoms with Gasteiger partial charge in [-0.05, 0) is 13.3 Å². The van der Waals surface area contributed by atoms with Crippen molar-refractivity contribution < 1.29 is 9.90 Å². The maximum atomic E-state index is 10.8. The minimum Gasteiger partial charge on any atom is -0.361 e. The van der Waals surface area contributed by atoms with Gasteiger partial charge in [-0.1, -0.05) is 11.8 Å². The maximum Gasteiger partial charge on any atom is 0.284 e. The minimum absolute atomic E-state index is 0.165. The van der Waals surface area contributed by atoms with Gasteiger partial charge in [0.25, 0.3) is 5.24 Å². The summed E-state index contributed by atoms with van der Waals surface area (Å²) in [6.07, 6.45) is 0.779. The van der Waals surface area contributed by atoms with Crippen LogP contribution in [0.25, 0.3) is 0 Å². The molecule has 0 radical (unpaired) electrons. The van der Waals surface area contributed by atoms with Gasteiger partial charge < -0.3 is 5.11 Å². The van der Waals surface area contributed by atoms with Crippen LogP contribution in [-0.4, -0.2) is 41.9 Å². The third-order valence-electron chi connectivity index (χ3n) is 1.09. The third kappa shape index (κ3) is 2.55. The van der Waals surface area contributed by atoms with E-state index in [0.29, 0.717) is 0 Å². The molecule has 0 heterocycles. The van der Waals surface area contributed by atoms with Crippen molar-refractivity contribution in [1.29, 1.82) is 0 Å². The van der Waals surface area contributed by atoms with Crippen LogP contribution in [0, 0.1) is 0 Å². The molecular formula is C5H12N2O2S. The highest BCUT2D eigenvalue weighted by molar-refractivity contribution is 8.12. The van der Waals surface area contributed by atoms with Crippen molar-refractivity contribution >= 4 is 17.0 Å². The van der Waals surface area contributed by atoms with Gasteiger partial charge in [0.15, 0.2) is 6.35 Å². The van der Waals surface area contributed by atoms with E-state index in [1.165, 1.54) is 11.9 Å². The van der Waals surface area contributed by atoms with E-state index >= 15 is 0 Å². The fraction of sp³-hybridized carbons (Fsp3) is 0.800. The number of hydrogen-bond donors (Lipinski definition) is 2. The summed E-state index contributed by atoms with van der Waals surface area (Å²) in [5, 5.41) is 11.4. The Labute approximate surface area is 64.6 Å². The highest BCUT2D eigenvalue weighted by atomic mass is 32.2. The van der Waals surface area contributed by atoms with Crippen LogP contribution in [0.1, 0.15) is 0 Å². The van der Waals surface area contributed by atoms with Crippen molar-refractivity contribution in [3.05, 3.63) is 0 Å². The molecule has 0 saturated heterocycles. The molecule has 1 unspecified atom stereocenters. The van der Waals surface area contributed by atoms with Gasteiger partial charge in [0.2, 0.25) is 0 Å². The predicted molar refractivity (Wildman–Crippen MR) is 41.7 cm³/mol. The second-order valence-electron chi connectivity index (χ2n) is 1.74. The van der Waals surface area contributed by atoms with Crippen LogP contribution in [0.15, 0.2) is 0 Å². The molecule has 0 aromatic rings. The molecule has 0 fully saturated rings. The minimum atomic E-state index is -0.889. The second-order valence-corrected chi connectivity index (χ2v) is 2.50. The highest BCUT2D eigenvalue weighted by Crippen LogP contribution is 2.02. The Hall–Kier alpha value is -0.260. The number of nitrogens with one attached hydrogen (secondary N) is 1. The van der Waals surface area contributed by atoms with Crippen LogP contribution in [0.4, 0.5) is 4.79 Å². The molecule has 0 aromatic carbocycles. The molecule has 60 valence electrons. The van der Waals surface area contributed by atoms with E-state index in [9.17, 15) is 4.79 Å². The Morgan fingerprint density at radius 2 is 2.30 bits per heavy atom. The first-order valence-electron chi connectivity index (χ1n) is 2.79. The average Bonchev–Trinajstić information content (AvgIpc) is 2.00. The zero-order valence-electron chi connectivity index (χ0n) is 6.29. The SMILES string of the molecule is CNC(O)N(C)C(=O)SC. The smallest absolute Gasteiger partial charge is 0.284 e. The first kappa shape index (κ1) is 9.74. The van der Waals surface area contributed by atoms with Crippen LogP contribution >= 0.6 is 11.8 Å². The number of rotatable bonds is 2. The zero-order chi connectivity index (χ0) is 8.15. The Bertz CT molecular complexity index is 120. The summed E-state index contributed by atoms with van der Waals surface area (Å²) in [5.41, 5.74) is 0. The molecule has 0 aliphatic rings. The van der Waals surface area contributed by atoms with Gasteiger partial charge in [0.1, 0.15) is 0 Å². The Balaban J connectivity index is 3.81. The Morgan fingerprint density at radius 3 is 2.60 bits per heavy atom. The van der Waals surface area contributed by atoms with Crippen LogP contribution < -0.4 is 5.32 Å². The molecule has 0 aliphatic heterocycles. The predicted octanol–water partition coefficient (Wildman–Crippen LogP) is -0.104. The summed E-state index contributed by atoms with van der Waals surface area (Å²) in [7, 11) is 3.11. The van der Waals surface area contributed by atoms with Crippen LogP contribution in [-0.2, 0) is 0 Å². The number of hydrogen-bond acceptors (Lipinski definition) is 4. The van der Waals surface area contributed by atoms with Gasteiger partial charge in [-0.3, -0.25) is 15.0 Å². The van der Waals surface area contributed by atoms with Crippen molar-refractivity contribution in [3.63, 3.8) is 0 Å². The quantitative estimate of drug-likeness (QED) is 0.559. The largest absolute Gasteiger partial charge is 0.361 e. The number of amides is 1. The van der Waals surface area contributed by atoms with Crippen molar-refractivity contribution in [2.24, 2.45) is 0 Å². The monoisotopic (exact) mass is 164 g/mol. The van der Waals surface area contributed by atoms with Crippen molar-refractivity contribution in [1.82, 2.24) is 10.2 Å². The number of aliphatic hydroxyl groups is 1. The van der Waals surface area contributed by atoms with E-state index < -0.39 is 6.35 Å². The molecule has 0 aromatic heterocycles. The van der Waals surface area contributed by atoms with Crippen molar-refractivity contribution in [3.8, 4) is 0 Å². The number of thioether (sulfide) groups is 1. The first-order valence-corrected chi connectivity index (χ1v) is 4.02. The number of carbonyl (C=O) groups excluding carboxylic acids is 1. The van der Waals surface area contributed by atoms with Crippen LogP contribution in [0.2, 0.25) is 0 Å². The standard InChI is InChI=1S/C5H12N2O2S/c1-6-4(8)7(2)5(9)10-3/h4,6,8H,1-3H3. The summed E-state index contributed by atoms with van der Waals surface area (Å²) in [6, 6.07) is 0. The lowest BCUT2D eigenvalue weighted by molar-refractivity contribution is 0.0335. The lowest BCUT2D eigenvalue weighted by Gasteiger charge is -2.21. The zero-order valence-corrected chi connectivity index (χ0v) is 7.10. The van der Waals surface area contributed by atoms with Gasteiger partial charge in [0, 0.05) is 7.05 Å². The highest BCUT2D eigenvalue weighted by Gasteiger charge is 2.13. The topological polar surface area (TPSA) is 52.6 Å².